The molecular weight excluding hydrogens is 544 g/mol. The van der Waals surface area contributed by atoms with Crippen molar-refractivity contribution in [2.75, 3.05) is 4.90 Å². The maximum atomic E-state index is 6.35. The Labute approximate surface area is 253 Å². The summed E-state index contributed by atoms with van der Waals surface area (Å²) in [6, 6.07) is 48.8. The summed E-state index contributed by atoms with van der Waals surface area (Å²) in [5.74, 6) is 1.54. The summed E-state index contributed by atoms with van der Waals surface area (Å²) in [7, 11) is 0. The van der Waals surface area contributed by atoms with Gasteiger partial charge < -0.3 is 4.42 Å². The Bertz CT molecular complexity index is 2140. The van der Waals surface area contributed by atoms with Crippen LogP contribution < -0.4 is 4.90 Å². The van der Waals surface area contributed by atoms with Crippen molar-refractivity contribution in [3.05, 3.63) is 146 Å². The molecular formula is C37H24N6O. The monoisotopic (exact) mass is 568 g/mol. The van der Waals surface area contributed by atoms with Gasteiger partial charge in [-0.3, -0.25) is 4.90 Å². The molecule has 0 aliphatic rings. The van der Waals surface area contributed by atoms with Crippen molar-refractivity contribution >= 4 is 38.9 Å². The number of anilines is 3. The average molecular weight is 569 g/mol. The van der Waals surface area contributed by atoms with Crippen LogP contribution in [0.25, 0.3) is 56.0 Å². The smallest absolute Gasteiger partial charge is 0.327 e. The number of fused-ring (bicyclic) bond motifs is 2. The maximum absolute atomic E-state index is 6.35. The molecule has 0 aliphatic heterocycles. The van der Waals surface area contributed by atoms with Gasteiger partial charge in [-0.1, -0.05) is 120 Å². The van der Waals surface area contributed by atoms with E-state index in [4.69, 9.17) is 19.4 Å². The van der Waals surface area contributed by atoms with E-state index in [2.05, 4.69) is 40.5 Å². The molecule has 0 aliphatic carbocycles. The molecule has 0 radical (unpaired) electrons. The topological polar surface area (TPSA) is 80.8 Å². The maximum Gasteiger partial charge on any atom is 0.327 e. The van der Waals surface area contributed by atoms with Crippen LogP contribution in [-0.2, 0) is 0 Å². The fourth-order valence-corrected chi connectivity index (χ4v) is 5.47. The Kier molecular flexibility index (Phi) is 6.31. The van der Waals surface area contributed by atoms with E-state index in [1.165, 1.54) is 0 Å². The summed E-state index contributed by atoms with van der Waals surface area (Å²) in [6.07, 6.45) is 0. The van der Waals surface area contributed by atoms with Crippen molar-refractivity contribution in [1.29, 1.82) is 0 Å². The van der Waals surface area contributed by atoms with Gasteiger partial charge in [0.15, 0.2) is 11.6 Å². The highest BCUT2D eigenvalue weighted by Gasteiger charge is 2.23. The minimum Gasteiger partial charge on any atom is -0.399 e. The summed E-state index contributed by atoms with van der Waals surface area (Å²) in [6.45, 7) is 0. The van der Waals surface area contributed by atoms with E-state index in [0.717, 1.165) is 44.0 Å². The second-order valence-corrected chi connectivity index (χ2v) is 10.3. The van der Waals surface area contributed by atoms with Gasteiger partial charge in [-0.25, -0.2) is 15.0 Å². The second-order valence-electron chi connectivity index (χ2n) is 10.3. The molecule has 0 bridgehead atoms. The lowest BCUT2D eigenvalue weighted by Gasteiger charge is -2.20. The van der Waals surface area contributed by atoms with Crippen LogP contribution in [0.15, 0.2) is 150 Å². The second kappa shape index (κ2) is 10.9. The zero-order valence-electron chi connectivity index (χ0n) is 23.4. The van der Waals surface area contributed by atoms with Crippen LogP contribution in [0.2, 0.25) is 0 Å². The quantitative estimate of drug-likeness (QED) is 0.185. The molecule has 7 heteroatoms. The molecule has 8 aromatic rings. The molecule has 0 fully saturated rings. The fraction of sp³-hybridized carbons (Fsp3) is 0. The predicted molar refractivity (Wildman–Crippen MR) is 174 cm³/mol. The Morgan fingerprint density at radius 2 is 0.955 bits per heavy atom. The Morgan fingerprint density at radius 3 is 1.57 bits per heavy atom. The molecule has 2 aromatic heterocycles. The van der Waals surface area contributed by atoms with Gasteiger partial charge in [-0.05, 0) is 51.9 Å². The van der Waals surface area contributed by atoms with E-state index in [-0.39, 0.29) is 5.89 Å². The van der Waals surface area contributed by atoms with E-state index in [1.54, 1.807) is 0 Å². The van der Waals surface area contributed by atoms with Crippen molar-refractivity contribution < 1.29 is 4.42 Å². The first kappa shape index (κ1) is 25.5. The minimum atomic E-state index is 0.197. The molecule has 8 rings (SSSR count). The lowest BCUT2D eigenvalue weighted by Crippen LogP contribution is -2.09. The number of benzene rings is 6. The van der Waals surface area contributed by atoms with Crippen molar-refractivity contribution in [3.63, 3.8) is 0 Å². The van der Waals surface area contributed by atoms with E-state index >= 15 is 0 Å². The van der Waals surface area contributed by atoms with Gasteiger partial charge in [0.1, 0.15) is 0 Å². The van der Waals surface area contributed by atoms with Gasteiger partial charge in [-0.2, -0.15) is 0 Å². The summed E-state index contributed by atoms with van der Waals surface area (Å²) in [4.78, 5) is 16.7. The summed E-state index contributed by atoms with van der Waals surface area (Å²) < 4.78 is 6.35. The highest BCUT2D eigenvalue weighted by molar-refractivity contribution is 6.11. The molecule has 0 spiro atoms. The normalized spacial score (nSPS) is 11.2. The minimum absolute atomic E-state index is 0.197. The molecule has 6 aromatic carbocycles. The van der Waals surface area contributed by atoms with E-state index < -0.39 is 0 Å². The molecule has 0 unspecified atom stereocenters. The standard InChI is InChI=1S/C37H24N6O/c1-4-14-25(15-5-1)33-38-34(32-30-22-12-10-16-26(30)24-27-17-11-13-23-31(27)32)40-35(39-33)36-41-42-37(44-36)43(28-18-6-2-7-19-28)29-20-8-3-9-21-29/h1-24H. The van der Waals surface area contributed by atoms with Crippen LogP contribution in [0.1, 0.15) is 0 Å². The average Bonchev–Trinajstić information content (AvgIpc) is 3.58. The molecule has 7 nitrogen and oxygen atoms in total. The summed E-state index contributed by atoms with van der Waals surface area (Å²) in [5, 5.41) is 13.2. The molecule has 0 saturated carbocycles. The van der Waals surface area contributed by atoms with Crippen molar-refractivity contribution in [1.82, 2.24) is 25.1 Å². The van der Waals surface area contributed by atoms with Crippen LogP contribution in [-0.4, -0.2) is 25.1 Å². The van der Waals surface area contributed by atoms with E-state index in [0.29, 0.717) is 23.5 Å². The predicted octanol–water partition coefficient (Wildman–Crippen LogP) is 9.03. The van der Waals surface area contributed by atoms with E-state index in [9.17, 15) is 0 Å². The van der Waals surface area contributed by atoms with Gasteiger partial charge in [0, 0.05) is 11.1 Å². The number of hydrogen-bond acceptors (Lipinski definition) is 7. The SMILES string of the molecule is c1ccc(-c2nc(-c3nnc(N(c4ccccc4)c4ccccc4)o3)nc(-c3c4ccccc4cc4ccccc34)n2)cc1. The Hall–Kier alpha value is -6.21. The number of hydrogen-bond donors (Lipinski definition) is 0. The fourth-order valence-electron chi connectivity index (χ4n) is 5.47. The first-order chi connectivity index (χ1) is 21.8. The van der Waals surface area contributed by atoms with Gasteiger partial charge in [0.2, 0.25) is 5.82 Å². The highest BCUT2D eigenvalue weighted by Crippen LogP contribution is 2.37. The van der Waals surface area contributed by atoms with Gasteiger partial charge in [-0.15, -0.1) is 5.10 Å². The third-order valence-electron chi connectivity index (χ3n) is 7.49. The zero-order valence-corrected chi connectivity index (χ0v) is 23.4. The number of aromatic nitrogens is 5. The van der Waals surface area contributed by atoms with Crippen molar-refractivity contribution in [3.8, 4) is 34.5 Å². The molecule has 2 heterocycles. The third-order valence-corrected chi connectivity index (χ3v) is 7.49. The zero-order chi connectivity index (χ0) is 29.3. The van der Waals surface area contributed by atoms with Gasteiger partial charge in [0.05, 0.1) is 11.4 Å². The Balaban J connectivity index is 1.34. The third kappa shape index (κ3) is 4.62. The largest absolute Gasteiger partial charge is 0.399 e. The molecule has 0 atom stereocenters. The summed E-state index contributed by atoms with van der Waals surface area (Å²) in [5.41, 5.74) is 3.56. The number of para-hydroxylation sites is 2. The lowest BCUT2D eigenvalue weighted by molar-refractivity contribution is 0.570. The van der Waals surface area contributed by atoms with Gasteiger partial charge >= 0.3 is 6.01 Å². The lowest BCUT2D eigenvalue weighted by atomic mass is 9.96. The van der Waals surface area contributed by atoms with Crippen LogP contribution in [0.3, 0.4) is 0 Å². The van der Waals surface area contributed by atoms with Crippen LogP contribution in [0.4, 0.5) is 17.4 Å². The van der Waals surface area contributed by atoms with Crippen molar-refractivity contribution in [2.45, 2.75) is 0 Å². The van der Waals surface area contributed by atoms with E-state index in [1.807, 2.05) is 120 Å². The molecule has 44 heavy (non-hydrogen) atoms. The molecule has 0 amide bonds. The highest BCUT2D eigenvalue weighted by atomic mass is 16.4. The van der Waals surface area contributed by atoms with Crippen molar-refractivity contribution in [2.24, 2.45) is 0 Å². The number of rotatable bonds is 6. The first-order valence-corrected chi connectivity index (χ1v) is 14.3. The van der Waals surface area contributed by atoms with Crippen LogP contribution in [0.5, 0.6) is 0 Å². The molecule has 0 saturated heterocycles. The first-order valence-electron chi connectivity index (χ1n) is 14.3. The summed E-state index contributed by atoms with van der Waals surface area (Å²) >= 11 is 0. The number of nitrogens with zero attached hydrogens (tertiary/aromatic N) is 6. The molecule has 0 N–H and O–H groups in total. The van der Waals surface area contributed by atoms with Crippen LogP contribution >= 0.6 is 0 Å². The van der Waals surface area contributed by atoms with Gasteiger partial charge in [0.25, 0.3) is 5.89 Å². The van der Waals surface area contributed by atoms with Crippen LogP contribution in [0, 0.1) is 0 Å². The Morgan fingerprint density at radius 1 is 0.455 bits per heavy atom. The molecule has 208 valence electrons.